The first-order valence-corrected chi connectivity index (χ1v) is 11.9. The van der Waals surface area contributed by atoms with Crippen molar-refractivity contribution in [1.82, 2.24) is 29.2 Å². The predicted octanol–water partition coefficient (Wildman–Crippen LogP) is 3.87. The highest BCUT2D eigenvalue weighted by atomic mass is 35.5. The van der Waals surface area contributed by atoms with Crippen LogP contribution in [0, 0.1) is 12.8 Å². The molecule has 1 fully saturated rings. The van der Waals surface area contributed by atoms with E-state index in [4.69, 9.17) is 11.6 Å². The van der Waals surface area contributed by atoms with Crippen LogP contribution in [0.15, 0.2) is 53.7 Å². The van der Waals surface area contributed by atoms with Gasteiger partial charge in [-0.2, -0.15) is 5.10 Å². The number of hydrogen-bond acceptors (Lipinski definition) is 4. The average Bonchev–Trinajstić information content (AvgIpc) is 3.37. The summed E-state index contributed by atoms with van der Waals surface area (Å²) in [6.45, 7) is 2.46. The monoisotopic (exact) mass is 478 g/mol. The van der Waals surface area contributed by atoms with Gasteiger partial charge >= 0.3 is 5.69 Å². The number of aromatic nitrogens is 5. The Bertz CT molecular complexity index is 1410. The van der Waals surface area contributed by atoms with Gasteiger partial charge in [0.05, 0.1) is 39.2 Å². The van der Waals surface area contributed by atoms with Crippen molar-refractivity contribution in [3.05, 3.63) is 75.7 Å². The Kier molecular flexibility index (Phi) is 6.00. The lowest BCUT2D eigenvalue weighted by Crippen LogP contribution is -2.39. The number of carbonyl (C=O) groups is 1. The van der Waals surface area contributed by atoms with Gasteiger partial charge in [0.15, 0.2) is 0 Å². The minimum atomic E-state index is -0.133. The fourth-order valence-corrected chi connectivity index (χ4v) is 5.06. The maximum absolute atomic E-state index is 13.4. The second kappa shape index (κ2) is 9.10. The van der Waals surface area contributed by atoms with E-state index >= 15 is 0 Å². The van der Waals surface area contributed by atoms with E-state index in [-0.39, 0.29) is 17.6 Å². The number of carbonyl (C=O) groups excluding carboxylic acids is 1. The van der Waals surface area contributed by atoms with Crippen LogP contribution >= 0.6 is 11.6 Å². The van der Waals surface area contributed by atoms with Gasteiger partial charge in [0.2, 0.25) is 0 Å². The zero-order valence-corrected chi connectivity index (χ0v) is 20.0. The van der Waals surface area contributed by atoms with Crippen LogP contribution in [0.25, 0.3) is 16.7 Å². The van der Waals surface area contributed by atoms with Crippen molar-refractivity contribution in [2.24, 2.45) is 13.0 Å². The number of aryl methyl sites for hydroxylation is 2. The van der Waals surface area contributed by atoms with Gasteiger partial charge in [-0.15, -0.1) is 0 Å². The smallest absolute Gasteiger partial charge is 0.333 e. The molecule has 0 bridgehead atoms. The molecule has 1 N–H and O–H groups in total. The van der Waals surface area contributed by atoms with E-state index in [0.717, 1.165) is 42.4 Å². The van der Waals surface area contributed by atoms with E-state index in [9.17, 15) is 9.59 Å². The molecule has 0 unspecified atom stereocenters. The van der Waals surface area contributed by atoms with Gasteiger partial charge in [0.1, 0.15) is 0 Å². The molecule has 1 aromatic carbocycles. The maximum atomic E-state index is 13.4. The molecule has 3 aromatic heterocycles. The molecule has 9 heteroatoms. The van der Waals surface area contributed by atoms with Crippen molar-refractivity contribution in [3.63, 3.8) is 0 Å². The number of imidazole rings is 1. The number of halogens is 1. The summed E-state index contributed by atoms with van der Waals surface area (Å²) in [6.07, 6.45) is 8.74. The third kappa shape index (κ3) is 4.25. The number of benzene rings is 1. The van der Waals surface area contributed by atoms with Gasteiger partial charge in [0, 0.05) is 32.0 Å². The first kappa shape index (κ1) is 22.4. The molecule has 34 heavy (non-hydrogen) atoms. The normalized spacial score (nSPS) is 18.3. The largest absolute Gasteiger partial charge is 0.349 e. The molecule has 0 atom stereocenters. The van der Waals surface area contributed by atoms with Crippen molar-refractivity contribution in [2.45, 2.75) is 45.2 Å². The second-order valence-electron chi connectivity index (χ2n) is 9.07. The molecular formula is C25H27ClN6O2. The third-order valence-corrected chi connectivity index (χ3v) is 6.91. The minimum absolute atomic E-state index is 0.0476. The first-order valence-electron chi connectivity index (χ1n) is 11.5. The number of pyridine rings is 1. The summed E-state index contributed by atoms with van der Waals surface area (Å²) in [5, 5.41) is 7.82. The molecular weight excluding hydrogens is 452 g/mol. The number of fused-ring (bicyclic) bond motifs is 1. The molecule has 0 spiro atoms. The number of nitrogens with one attached hydrogen (secondary N) is 1. The molecule has 1 aliphatic carbocycles. The lowest BCUT2D eigenvalue weighted by atomic mass is 9.85. The van der Waals surface area contributed by atoms with Crippen LogP contribution in [0.2, 0.25) is 5.02 Å². The van der Waals surface area contributed by atoms with E-state index in [2.05, 4.69) is 15.4 Å². The third-order valence-electron chi connectivity index (χ3n) is 6.71. The number of para-hydroxylation sites is 2. The number of rotatable bonds is 5. The molecule has 3 heterocycles. The van der Waals surface area contributed by atoms with Crippen LogP contribution in [0.3, 0.4) is 0 Å². The molecule has 0 aliphatic heterocycles. The van der Waals surface area contributed by atoms with E-state index in [1.807, 2.05) is 49.0 Å². The Hall–Kier alpha value is -3.39. The predicted molar refractivity (Wildman–Crippen MR) is 131 cm³/mol. The number of nitrogens with zero attached hydrogens (tertiary/aromatic N) is 5. The molecule has 5 rings (SSSR count). The molecule has 4 aromatic rings. The molecule has 1 aliphatic rings. The van der Waals surface area contributed by atoms with Gasteiger partial charge in [-0.05, 0) is 56.7 Å². The fourth-order valence-electron chi connectivity index (χ4n) is 4.91. The Labute approximate surface area is 202 Å². The van der Waals surface area contributed by atoms with E-state index in [1.165, 1.54) is 0 Å². The van der Waals surface area contributed by atoms with Crippen molar-refractivity contribution >= 4 is 28.5 Å². The van der Waals surface area contributed by atoms with Gasteiger partial charge < -0.3 is 5.32 Å². The Morgan fingerprint density at radius 1 is 1.15 bits per heavy atom. The molecule has 0 radical (unpaired) electrons. The summed E-state index contributed by atoms with van der Waals surface area (Å²) in [5.41, 5.74) is 3.71. The highest BCUT2D eigenvalue weighted by Gasteiger charge is 2.25. The Morgan fingerprint density at radius 2 is 1.88 bits per heavy atom. The van der Waals surface area contributed by atoms with E-state index in [1.54, 1.807) is 27.7 Å². The summed E-state index contributed by atoms with van der Waals surface area (Å²) in [7, 11) is 1.84. The first-order chi connectivity index (χ1) is 16.4. The van der Waals surface area contributed by atoms with Crippen molar-refractivity contribution in [1.29, 1.82) is 0 Å². The van der Waals surface area contributed by atoms with Crippen LogP contribution in [-0.2, 0) is 13.6 Å². The SMILES string of the molecule is Cc1ncc(Cl)cc1C(=O)NC1CCC(Cn2c(=O)n(-c3cnn(C)c3)c3ccccc32)CC1. The van der Waals surface area contributed by atoms with Gasteiger partial charge in [-0.3, -0.25) is 23.6 Å². The van der Waals surface area contributed by atoms with Crippen molar-refractivity contribution in [3.8, 4) is 5.69 Å². The zero-order chi connectivity index (χ0) is 23.8. The summed E-state index contributed by atoms with van der Waals surface area (Å²) in [5.74, 6) is 0.236. The molecule has 8 nitrogen and oxygen atoms in total. The summed E-state index contributed by atoms with van der Waals surface area (Å²) >= 11 is 6.02. The van der Waals surface area contributed by atoms with Crippen LogP contribution in [0.1, 0.15) is 41.7 Å². The standard InChI is InChI=1S/C25H27ClN6O2/c1-16-21(11-18(26)12-27-16)24(33)29-19-9-7-17(8-10-19)14-31-22-5-3-4-6-23(22)32(25(31)34)20-13-28-30(2)15-20/h3-6,11-13,15,17,19H,7-10,14H2,1-2H3,(H,29,33). The summed E-state index contributed by atoms with van der Waals surface area (Å²) < 4.78 is 5.31. The van der Waals surface area contributed by atoms with Gasteiger partial charge in [-0.1, -0.05) is 23.7 Å². The molecule has 1 saturated carbocycles. The lowest BCUT2D eigenvalue weighted by molar-refractivity contribution is 0.0919. The van der Waals surface area contributed by atoms with Gasteiger partial charge in [-0.25, -0.2) is 4.79 Å². The van der Waals surface area contributed by atoms with Crippen LogP contribution in [0.4, 0.5) is 0 Å². The quantitative estimate of drug-likeness (QED) is 0.471. The Balaban J connectivity index is 1.29. The van der Waals surface area contributed by atoms with Gasteiger partial charge in [0.25, 0.3) is 5.91 Å². The van der Waals surface area contributed by atoms with Crippen LogP contribution in [0.5, 0.6) is 0 Å². The van der Waals surface area contributed by atoms with Crippen molar-refractivity contribution < 1.29 is 4.79 Å². The minimum Gasteiger partial charge on any atom is -0.349 e. The highest BCUT2D eigenvalue weighted by Crippen LogP contribution is 2.27. The van der Waals surface area contributed by atoms with Crippen LogP contribution < -0.4 is 11.0 Å². The van der Waals surface area contributed by atoms with E-state index < -0.39 is 0 Å². The summed E-state index contributed by atoms with van der Waals surface area (Å²) in [4.78, 5) is 30.3. The van der Waals surface area contributed by atoms with Crippen LogP contribution in [-0.4, -0.2) is 35.8 Å². The van der Waals surface area contributed by atoms with Crippen molar-refractivity contribution in [2.75, 3.05) is 0 Å². The number of amides is 1. The molecule has 1 amide bonds. The Morgan fingerprint density at radius 3 is 2.59 bits per heavy atom. The lowest BCUT2D eigenvalue weighted by Gasteiger charge is -2.29. The second-order valence-corrected chi connectivity index (χ2v) is 9.50. The topological polar surface area (TPSA) is 86.7 Å². The maximum Gasteiger partial charge on any atom is 0.333 e. The summed E-state index contributed by atoms with van der Waals surface area (Å²) in [6, 6.07) is 9.65. The van der Waals surface area contributed by atoms with E-state index in [0.29, 0.717) is 28.7 Å². The highest BCUT2D eigenvalue weighted by molar-refractivity contribution is 6.30. The molecule has 176 valence electrons. The molecule has 0 saturated heterocycles. The fraction of sp³-hybridized carbons (Fsp3) is 0.360. The number of hydrogen-bond donors (Lipinski definition) is 1. The zero-order valence-electron chi connectivity index (χ0n) is 19.2. The average molecular weight is 479 g/mol.